The summed E-state index contributed by atoms with van der Waals surface area (Å²) in [6.45, 7) is 1.99. The molecular formula is C22H16ClFN2O2. The molecule has 4 aromatic rings. The van der Waals surface area contributed by atoms with Crippen LogP contribution in [-0.4, -0.2) is 20.6 Å². The van der Waals surface area contributed by atoms with E-state index in [0.717, 1.165) is 22.1 Å². The van der Waals surface area contributed by atoms with Crippen LogP contribution in [0.15, 0.2) is 60.9 Å². The summed E-state index contributed by atoms with van der Waals surface area (Å²) < 4.78 is 16.3. The number of aryl methyl sites for hydroxylation is 1. The van der Waals surface area contributed by atoms with Crippen molar-refractivity contribution in [1.82, 2.24) is 9.55 Å². The number of aromatic nitrogens is 2. The van der Waals surface area contributed by atoms with E-state index < -0.39 is 5.97 Å². The highest BCUT2D eigenvalue weighted by Gasteiger charge is 2.16. The van der Waals surface area contributed by atoms with E-state index in [9.17, 15) is 9.18 Å². The Hall–Kier alpha value is -3.18. The molecule has 0 fully saturated rings. The minimum atomic E-state index is -1.06. The van der Waals surface area contributed by atoms with Crippen molar-refractivity contribution in [2.75, 3.05) is 0 Å². The Bertz CT molecular complexity index is 1180. The average Bonchev–Trinajstić information content (AvgIpc) is 3.05. The molecule has 0 aliphatic rings. The Morgan fingerprint density at radius 2 is 1.96 bits per heavy atom. The van der Waals surface area contributed by atoms with Gasteiger partial charge in [-0.15, -0.1) is 0 Å². The molecule has 0 amide bonds. The number of nitrogens with zero attached hydrogens (tertiary/aromatic N) is 2. The van der Waals surface area contributed by atoms with Gasteiger partial charge in [-0.25, -0.2) is 14.2 Å². The van der Waals surface area contributed by atoms with Crippen LogP contribution in [0.25, 0.3) is 16.7 Å². The first-order chi connectivity index (χ1) is 13.5. The summed E-state index contributed by atoms with van der Waals surface area (Å²) in [5, 5.41) is 10.5. The number of carbonyl (C=O) groups is 1. The molecule has 0 saturated carbocycles. The Labute approximate surface area is 165 Å². The third kappa shape index (κ3) is 3.14. The van der Waals surface area contributed by atoms with Crippen molar-refractivity contribution in [3.05, 3.63) is 94.0 Å². The molecule has 0 bridgehead atoms. The van der Waals surface area contributed by atoms with Crippen molar-refractivity contribution in [3.8, 4) is 5.82 Å². The van der Waals surface area contributed by atoms with E-state index in [1.807, 2.05) is 37.4 Å². The highest BCUT2D eigenvalue weighted by molar-refractivity contribution is 6.31. The van der Waals surface area contributed by atoms with Crippen molar-refractivity contribution in [2.24, 2.45) is 0 Å². The molecule has 0 unspecified atom stereocenters. The van der Waals surface area contributed by atoms with E-state index in [1.165, 1.54) is 18.3 Å². The number of halogens is 2. The van der Waals surface area contributed by atoms with Gasteiger partial charge in [0, 0.05) is 29.2 Å². The van der Waals surface area contributed by atoms with Crippen LogP contribution in [0.4, 0.5) is 4.39 Å². The topological polar surface area (TPSA) is 55.1 Å². The summed E-state index contributed by atoms with van der Waals surface area (Å²) >= 11 is 6.38. The Morgan fingerprint density at radius 1 is 1.18 bits per heavy atom. The van der Waals surface area contributed by atoms with E-state index in [1.54, 1.807) is 16.7 Å². The fourth-order valence-corrected chi connectivity index (χ4v) is 3.66. The maximum Gasteiger partial charge on any atom is 0.337 e. The molecule has 0 aliphatic heterocycles. The normalized spacial score (nSPS) is 11.1. The van der Waals surface area contributed by atoms with Gasteiger partial charge in [0.05, 0.1) is 11.1 Å². The van der Waals surface area contributed by atoms with E-state index in [0.29, 0.717) is 22.8 Å². The van der Waals surface area contributed by atoms with Gasteiger partial charge in [0.25, 0.3) is 0 Å². The molecule has 6 heteroatoms. The largest absolute Gasteiger partial charge is 0.478 e. The van der Waals surface area contributed by atoms with Gasteiger partial charge in [-0.2, -0.15) is 0 Å². The van der Waals surface area contributed by atoms with Gasteiger partial charge in [-0.05, 0) is 47.9 Å². The number of rotatable bonds is 4. The summed E-state index contributed by atoms with van der Waals surface area (Å²) in [6.07, 6.45) is 3.65. The minimum Gasteiger partial charge on any atom is -0.478 e. The lowest BCUT2D eigenvalue weighted by atomic mass is 10.00. The van der Waals surface area contributed by atoms with Crippen molar-refractivity contribution in [2.45, 2.75) is 13.3 Å². The molecule has 4 rings (SSSR count). The number of benzene rings is 2. The number of hydrogen-bond donors (Lipinski definition) is 1. The number of aromatic carboxylic acids is 1. The molecule has 0 radical (unpaired) electrons. The fraction of sp³-hybridized carbons (Fsp3) is 0.0909. The van der Waals surface area contributed by atoms with Crippen LogP contribution < -0.4 is 0 Å². The van der Waals surface area contributed by atoms with Gasteiger partial charge < -0.3 is 5.11 Å². The van der Waals surface area contributed by atoms with E-state index in [2.05, 4.69) is 4.98 Å². The van der Waals surface area contributed by atoms with Crippen LogP contribution in [-0.2, 0) is 6.42 Å². The lowest BCUT2D eigenvalue weighted by molar-refractivity contribution is 0.0696. The predicted octanol–water partition coefficient (Wildman–Crippen LogP) is 5.42. The third-order valence-corrected chi connectivity index (χ3v) is 5.17. The molecular weight excluding hydrogens is 379 g/mol. The van der Waals surface area contributed by atoms with Crippen LogP contribution in [0.2, 0.25) is 5.02 Å². The minimum absolute atomic E-state index is 0.0765. The van der Waals surface area contributed by atoms with Crippen LogP contribution in [0.1, 0.15) is 27.0 Å². The smallest absolute Gasteiger partial charge is 0.337 e. The molecule has 0 atom stereocenters. The Morgan fingerprint density at radius 3 is 2.64 bits per heavy atom. The van der Waals surface area contributed by atoms with Crippen molar-refractivity contribution >= 4 is 28.5 Å². The van der Waals surface area contributed by atoms with Gasteiger partial charge in [-0.1, -0.05) is 35.9 Å². The summed E-state index contributed by atoms with van der Waals surface area (Å²) in [5.74, 6) is -0.983. The molecule has 4 nitrogen and oxygen atoms in total. The molecule has 0 spiro atoms. The first-order valence-corrected chi connectivity index (χ1v) is 9.05. The lowest BCUT2D eigenvalue weighted by Crippen LogP contribution is -2.01. The molecule has 2 aromatic heterocycles. The summed E-state index contributed by atoms with van der Waals surface area (Å²) in [5.41, 5.74) is 3.44. The van der Waals surface area contributed by atoms with Crippen LogP contribution >= 0.6 is 11.6 Å². The van der Waals surface area contributed by atoms with Gasteiger partial charge in [0.15, 0.2) is 0 Å². The number of hydrogen-bond acceptors (Lipinski definition) is 2. The van der Waals surface area contributed by atoms with Gasteiger partial charge in [0.2, 0.25) is 0 Å². The summed E-state index contributed by atoms with van der Waals surface area (Å²) in [4.78, 5) is 15.3. The maximum atomic E-state index is 14.7. The van der Waals surface area contributed by atoms with E-state index in [-0.39, 0.29) is 11.4 Å². The number of pyridine rings is 1. The van der Waals surface area contributed by atoms with Gasteiger partial charge in [-0.3, -0.25) is 4.57 Å². The zero-order valence-electron chi connectivity index (χ0n) is 15.0. The predicted molar refractivity (Wildman–Crippen MR) is 107 cm³/mol. The summed E-state index contributed by atoms with van der Waals surface area (Å²) in [7, 11) is 0. The number of carboxylic acid groups (broad SMARTS) is 1. The molecule has 2 heterocycles. The SMILES string of the molecule is Cc1cccc(Cl)c1Cc1cn(-c2ccc(C(=O)O)cn2)c2c(F)cccc12. The lowest BCUT2D eigenvalue weighted by Gasteiger charge is -2.07. The van der Waals surface area contributed by atoms with Gasteiger partial charge >= 0.3 is 5.97 Å². The maximum absolute atomic E-state index is 14.7. The standard InChI is InChI=1S/C22H16ClFN2O2/c1-13-4-2-6-18(23)17(13)10-15-12-26(21-16(15)5-3-7-19(21)24)20-9-8-14(11-25-20)22(27)28/h2-9,11-12H,10H2,1H3,(H,27,28). The number of para-hydroxylation sites is 1. The molecule has 28 heavy (non-hydrogen) atoms. The average molecular weight is 395 g/mol. The summed E-state index contributed by atoms with van der Waals surface area (Å²) in [6, 6.07) is 13.7. The van der Waals surface area contributed by atoms with Crippen molar-refractivity contribution in [3.63, 3.8) is 0 Å². The monoisotopic (exact) mass is 394 g/mol. The first kappa shape index (κ1) is 18.2. The first-order valence-electron chi connectivity index (χ1n) is 8.68. The van der Waals surface area contributed by atoms with Crippen LogP contribution in [0, 0.1) is 12.7 Å². The number of fused-ring (bicyclic) bond motifs is 1. The molecule has 2 aromatic carbocycles. The van der Waals surface area contributed by atoms with Crippen LogP contribution in [0.3, 0.4) is 0 Å². The van der Waals surface area contributed by atoms with Crippen molar-refractivity contribution in [1.29, 1.82) is 0 Å². The Balaban J connectivity index is 1.88. The second kappa shape index (κ2) is 7.09. The van der Waals surface area contributed by atoms with Gasteiger partial charge in [0.1, 0.15) is 11.6 Å². The quantitative estimate of drug-likeness (QED) is 0.503. The molecule has 140 valence electrons. The molecule has 0 aliphatic carbocycles. The van der Waals surface area contributed by atoms with E-state index in [4.69, 9.17) is 16.7 Å². The van der Waals surface area contributed by atoms with Crippen molar-refractivity contribution < 1.29 is 14.3 Å². The molecule has 0 saturated heterocycles. The Kier molecular flexibility index (Phi) is 4.61. The highest BCUT2D eigenvalue weighted by Crippen LogP contribution is 2.31. The third-order valence-electron chi connectivity index (χ3n) is 4.82. The highest BCUT2D eigenvalue weighted by atomic mass is 35.5. The molecule has 1 N–H and O–H groups in total. The zero-order chi connectivity index (χ0) is 19.8. The number of carboxylic acids is 1. The zero-order valence-corrected chi connectivity index (χ0v) is 15.7. The fourth-order valence-electron chi connectivity index (χ4n) is 3.37. The second-order valence-electron chi connectivity index (χ2n) is 6.58. The van der Waals surface area contributed by atoms with Crippen LogP contribution in [0.5, 0.6) is 0 Å². The van der Waals surface area contributed by atoms with E-state index >= 15 is 0 Å². The second-order valence-corrected chi connectivity index (χ2v) is 6.99.